The van der Waals surface area contributed by atoms with Crippen molar-refractivity contribution in [1.29, 1.82) is 0 Å². The van der Waals surface area contributed by atoms with Crippen LogP contribution in [0.2, 0.25) is 0 Å². The largest absolute Gasteiger partial charge is 0.325 e. The average Bonchev–Trinajstić information content (AvgIpc) is 3.47. The number of nitrogens with one attached hydrogen (secondary N) is 2. The van der Waals surface area contributed by atoms with Gasteiger partial charge >= 0.3 is 6.03 Å². The summed E-state index contributed by atoms with van der Waals surface area (Å²) in [5, 5.41) is 5.60. The smallest absolute Gasteiger partial charge is 0.324 e. The van der Waals surface area contributed by atoms with Crippen LogP contribution in [0.4, 0.5) is 10.5 Å². The molecule has 1 aliphatic heterocycles. The summed E-state index contributed by atoms with van der Waals surface area (Å²) < 4.78 is 1.84. The van der Waals surface area contributed by atoms with Crippen LogP contribution in [0.25, 0.3) is 17.0 Å². The number of carbonyl (C=O) groups excluding carboxylic acids is 3. The van der Waals surface area contributed by atoms with Crippen molar-refractivity contribution in [2.75, 3.05) is 5.32 Å². The lowest BCUT2D eigenvalue weighted by Crippen LogP contribution is -2.48. The van der Waals surface area contributed by atoms with Gasteiger partial charge in [-0.3, -0.25) is 14.0 Å². The van der Waals surface area contributed by atoms with Gasteiger partial charge in [0.25, 0.3) is 5.91 Å². The number of nitrogens with zero attached hydrogens (tertiary/aromatic N) is 4. The summed E-state index contributed by atoms with van der Waals surface area (Å²) in [6.07, 6.45) is 8.50. The van der Waals surface area contributed by atoms with Crippen LogP contribution in [0, 0.1) is 0 Å². The summed E-state index contributed by atoms with van der Waals surface area (Å²) in [6.45, 7) is 1.57. The third-order valence-electron chi connectivity index (χ3n) is 6.10. The lowest BCUT2D eigenvalue weighted by molar-refractivity contribution is -0.136. The van der Waals surface area contributed by atoms with Crippen molar-refractivity contribution in [3.05, 3.63) is 48.9 Å². The van der Waals surface area contributed by atoms with E-state index in [0.29, 0.717) is 24.3 Å². The Hall–Kier alpha value is -3.75. The first-order valence-electron chi connectivity index (χ1n) is 10.3. The topological polar surface area (TPSA) is 109 Å². The molecule has 3 heterocycles. The van der Waals surface area contributed by atoms with Crippen LogP contribution in [-0.4, -0.2) is 48.7 Å². The molecule has 1 unspecified atom stereocenters. The first-order chi connectivity index (χ1) is 15.0. The van der Waals surface area contributed by atoms with E-state index in [1.165, 1.54) is 0 Å². The molecule has 1 aromatic carbocycles. The lowest BCUT2D eigenvalue weighted by atomic mass is 9.97. The van der Waals surface area contributed by atoms with E-state index in [1.807, 2.05) is 35.0 Å². The summed E-state index contributed by atoms with van der Waals surface area (Å²) in [6, 6.07) is 7.66. The number of imide groups is 1. The fraction of sp³-hybridized carbons (Fsp3) is 0.318. The zero-order chi connectivity index (χ0) is 21.6. The molecule has 1 saturated carbocycles. The fourth-order valence-electron chi connectivity index (χ4n) is 4.37. The second kappa shape index (κ2) is 7.19. The average molecular weight is 418 g/mol. The summed E-state index contributed by atoms with van der Waals surface area (Å²) in [7, 11) is 0. The van der Waals surface area contributed by atoms with Gasteiger partial charge in [0.1, 0.15) is 11.6 Å². The molecule has 31 heavy (non-hydrogen) atoms. The van der Waals surface area contributed by atoms with Gasteiger partial charge in [-0.15, -0.1) is 0 Å². The van der Waals surface area contributed by atoms with Crippen LogP contribution in [0.15, 0.2) is 48.9 Å². The molecular formula is C22H22N6O3. The molecule has 0 bridgehead atoms. The van der Waals surface area contributed by atoms with Crippen molar-refractivity contribution >= 4 is 29.3 Å². The first kappa shape index (κ1) is 19.2. The summed E-state index contributed by atoms with van der Waals surface area (Å²) in [4.78, 5) is 47.8. The standard InChI is InChI=1S/C22H22N6O3/c1-14(28-19(30)22(26-21(28)31)9-2-3-10-22)18(29)24-16-7-5-15(6-8-16)17-13-27-12-4-11-23-20(27)25-17/h4-8,11-14H,2-3,9-10H2,1H3,(H,24,29)(H,26,31). The monoisotopic (exact) mass is 418 g/mol. The van der Waals surface area contributed by atoms with E-state index >= 15 is 0 Å². The molecule has 1 spiro atoms. The van der Waals surface area contributed by atoms with Crippen LogP contribution >= 0.6 is 0 Å². The molecule has 3 aromatic rings. The van der Waals surface area contributed by atoms with Gasteiger partial charge in [0.05, 0.1) is 5.69 Å². The number of aromatic nitrogens is 3. The van der Waals surface area contributed by atoms with E-state index in [4.69, 9.17) is 0 Å². The number of amides is 4. The number of rotatable bonds is 4. The second-order valence-corrected chi connectivity index (χ2v) is 8.09. The molecule has 9 nitrogen and oxygen atoms in total. The molecule has 2 aliphatic rings. The molecule has 1 aliphatic carbocycles. The van der Waals surface area contributed by atoms with Gasteiger partial charge in [0, 0.05) is 29.8 Å². The van der Waals surface area contributed by atoms with E-state index in [0.717, 1.165) is 29.0 Å². The van der Waals surface area contributed by atoms with Crippen LogP contribution in [0.1, 0.15) is 32.6 Å². The Bertz CT molecular complexity index is 1150. The Kier molecular flexibility index (Phi) is 4.46. The van der Waals surface area contributed by atoms with Gasteiger partial charge in [-0.25, -0.2) is 19.7 Å². The molecule has 2 N–H and O–H groups in total. The Labute approximate surface area is 178 Å². The van der Waals surface area contributed by atoms with E-state index in [-0.39, 0.29) is 5.91 Å². The number of carbonyl (C=O) groups is 3. The number of fused-ring (bicyclic) bond motifs is 1. The van der Waals surface area contributed by atoms with Crippen molar-refractivity contribution in [2.24, 2.45) is 0 Å². The van der Waals surface area contributed by atoms with E-state index in [1.54, 1.807) is 25.3 Å². The maximum Gasteiger partial charge on any atom is 0.325 e. The third-order valence-corrected chi connectivity index (χ3v) is 6.10. The van der Waals surface area contributed by atoms with Crippen molar-refractivity contribution in [2.45, 2.75) is 44.2 Å². The minimum Gasteiger partial charge on any atom is -0.324 e. The van der Waals surface area contributed by atoms with Crippen LogP contribution < -0.4 is 10.6 Å². The summed E-state index contributed by atoms with van der Waals surface area (Å²) in [5.74, 6) is -0.103. The van der Waals surface area contributed by atoms with Gasteiger partial charge < -0.3 is 10.6 Å². The summed E-state index contributed by atoms with van der Waals surface area (Å²) in [5.41, 5.74) is 1.40. The van der Waals surface area contributed by atoms with Gasteiger partial charge in [0.2, 0.25) is 11.7 Å². The maximum atomic E-state index is 12.9. The molecule has 5 rings (SSSR count). The normalized spacial score (nSPS) is 18.5. The van der Waals surface area contributed by atoms with Crippen molar-refractivity contribution in [3.8, 4) is 11.3 Å². The van der Waals surface area contributed by atoms with Crippen molar-refractivity contribution in [3.63, 3.8) is 0 Å². The molecule has 9 heteroatoms. The lowest BCUT2D eigenvalue weighted by Gasteiger charge is -2.23. The zero-order valence-electron chi connectivity index (χ0n) is 17.0. The quantitative estimate of drug-likeness (QED) is 0.633. The van der Waals surface area contributed by atoms with Gasteiger partial charge in [-0.1, -0.05) is 25.0 Å². The van der Waals surface area contributed by atoms with Gasteiger partial charge in [-0.05, 0) is 38.0 Å². The van der Waals surface area contributed by atoms with Gasteiger partial charge in [-0.2, -0.15) is 0 Å². The number of anilines is 1. The molecule has 158 valence electrons. The molecular weight excluding hydrogens is 396 g/mol. The fourth-order valence-corrected chi connectivity index (χ4v) is 4.37. The molecule has 2 fully saturated rings. The number of urea groups is 1. The maximum absolute atomic E-state index is 12.9. The SMILES string of the molecule is CC(C(=O)Nc1ccc(-c2cn3cccnc3n2)cc1)N1C(=O)NC2(CCCC2)C1=O. The summed E-state index contributed by atoms with van der Waals surface area (Å²) >= 11 is 0. The van der Waals surface area contributed by atoms with Crippen molar-refractivity contribution in [1.82, 2.24) is 24.6 Å². The molecule has 4 amide bonds. The minimum atomic E-state index is -0.906. The second-order valence-electron chi connectivity index (χ2n) is 8.09. The predicted molar refractivity (Wildman–Crippen MR) is 113 cm³/mol. The van der Waals surface area contributed by atoms with Crippen LogP contribution in [0.3, 0.4) is 0 Å². The Morgan fingerprint density at radius 2 is 1.94 bits per heavy atom. The number of benzene rings is 1. The van der Waals surface area contributed by atoms with E-state index in [9.17, 15) is 14.4 Å². The Morgan fingerprint density at radius 1 is 1.19 bits per heavy atom. The number of imidazole rings is 1. The van der Waals surface area contributed by atoms with E-state index in [2.05, 4.69) is 20.6 Å². The van der Waals surface area contributed by atoms with Crippen LogP contribution in [-0.2, 0) is 9.59 Å². The van der Waals surface area contributed by atoms with Crippen LogP contribution in [0.5, 0.6) is 0 Å². The Balaban J connectivity index is 1.29. The van der Waals surface area contributed by atoms with Gasteiger partial charge in [0.15, 0.2) is 0 Å². The highest BCUT2D eigenvalue weighted by molar-refractivity contribution is 6.11. The zero-order valence-corrected chi connectivity index (χ0v) is 17.0. The third kappa shape index (κ3) is 3.22. The van der Waals surface area contributed by atoms with E-state index < -0.39 is 23.5 Å². The highest BCUT2D eigenvalue weighted by Crippen LogP contribution is 2.35. The highest BCUT2D eigenvalue weighted by atomic mass is 16.2. The van der Waals surface area contributed by atoms with Crippen molar-refractivity contribution < 1.29 is 14.4 Å². The number of hydrogen-bond acceptors (Lipinski definition) is 5. The first-order valence-corrected chi connectivity index (χ1v) is 10.3. The molecule has 1 atom stereocenters. The Morgan fingerprint density at radius 3 is 2.65 bits per heavy atom. The highest BCUT2D eigenvalue weighted by Gasteiger charge is 2.54. The molecule has 2 aromatic heterocycles. The molecule has 1 saturated heterocycles. The predicted octanol–water partition coefficient (Wildman–Crippen LogP) is 2.59. The minimum absolute atomic E-state index is 0.298. The molecule has 0 radical (unpaired) electrons. The number of hydrogen-bond donors (Lipinski definition) is 2.